The van der Waals surface area contributed by atoms with Crippen LogP contribution < -0.4 is 10.5 Å². The quantitative estimate of drug-likeness (QED) is 0.866. The van der Waals surface area contributed by atoms with Gasteiger partial charge in [0.2, 0.25) is 10.0 Å². The summed E-state index contributed by atoms with van der Waals surface area (Å²) in [4.78, 5) is 0.164. The number of benzene rings is 1. The first kappa shape index (κ1) is 15.1. The highest BCUT2D eigenvalue weighted by Gasteiger charge is 2.30. The molecule has 2 N–H and O–H groups in total. The summed E-state index contributed by atoms with van der Waals surface area (Å²) in [6.07, 6.45) is 1.78. The van der Waals surface area contributed by atoms with Crippen LogP contribution in [0.3, 0.4) is 0 Å². The number of nitrogens with two attached hydrogens (primary N) is 1. The Morgan fingerprint density at radius 1 is 1.30 bits per heavy atom. The molecule has 0 amide bonds. The first-order valence-corrected chi connectivity index (χ1v) is 8.24. The molecule has 112 valence electrons. The summed E-state index contributed by atoms with van der Waals surface area (Å²) in [5, 5.41) is 0. The van der Waals surface area contributed by atoms with E-state index in [1.54, 1.807) is 6.07 Å². The molecule has 1 saturated heterocycles. The smallest absolute Gasteiger partial charge is 0.246 e. The SMILES string of the molecule is COc1cc(C)c(N)cc1S(=O)(=O)N1CCC(C)CC1. The van der Waals surface area contributed by atoms with Crippen molar-refractivity contribution in [3.8, 4) is 5.75 Å². The summed E-state index contributed by atoms with van der Waals surface area (Å²) in [6.45, 7) is 5.09. The normalized spacial score (nSPS) is 18.1. The van der Waals surface area contributed by atoms with Gasteiger partial charge in [-0.3, -0.25) is 0 Å². The van der Waals surface area contributed by atoms with Gasteiger partial charge in [-0.2, -0.15) is 4.31 Å². The number of ether oxygens (including phenoxy) is 1. The molecule has 0 radical (unpaired) electrons. The molecule has 1 heterocycles. The van der Waals surface area contributed by atoms with E-state index < -0.39 is 10.0 Å². The molecule has 0 atom stereocenters. The van der Waals surface area contributed by atoms with Crippen molar-refractivity contribution in [1.82, 2.24) is 4.31 Å². The fraction of sp³-hybridized carbons (Fsp3) is 0.571. The second kappa shape index (κ2) is 5.61. The third-order valence-electron chi connectivity index (χ3n) is 3.91. The predicted molar refractivity (Wildman–Crippen MR) is 79.3 cm³/mol. The molecule has 6 heteroatoms. The van der Waals surface area contributed by atoms with Gasteiger partial charge < -0.3 is 10.5 Å². The van der Waals surface area contributed by atoms with Crippen LogP contribution in [0.2, 0.25) is 0 Å². The standard InChI is InChI=1S/C14H22N2O3S/c1-10-4-6-16(7-5-10)20(17,18)14-9-12(15)11(2)8-13(14)19-3/h8-10H,4-7,15H2,1-3H3. The third-order valence-corrected chi connectivity index (χ3v) is 5.83. The minimum Gasteiger partial charge on any atom is -0.495 e. The molecular formula is C14H22N2O3S. The van der Waals surface area contributed by atoms with E-state index in [2.05, 4.69) is 6.92 Å². The van der Waals surface area contributed by atoms with Gasteiger partial charge in [-0.1, -0.05) is 6.92 Å². The first-order chi connectivity index (χ1) is 9.36. The van der Waals surface area contributed by atoms with Crippen LogP contribution in [-0.2, 0) is 10.0 Å². The lowest BCUT2D eigenvalue weighted by atomic mass is 10.0. The highest BCUT2D eigenvalue weighted by atomic mass is 32.2. The van der Waals surface area contributed by atoms with E-state index in [4.69, 9.17) is 10.5 Å². The Kier molecular flexibility index (Phi) is 4.25. The number of anilines is 1. The molecule has 0 spiro atoms. The minimum absolute atomic E-state index is 0.164. The molecule has 1 aliphatic rings. The second-order valence-electron chi connectivity index (χ2n) is 5.45. The van der Waals surface area contributed by atoms with E-state index in [1.165, 1.54) is 17.5 Å². The number of hydrogen-bond acceptors (Lipinski definition) is 4. The zero-order valence-corrected chi connectivity index (χ0v) is 13.0. The maximum Gasteiger partial charge on any atom is 0.246 e. The fourth-order valence-electron chi connectivity index (χ4n) is 2.40. The van der Waals surface area contributed by atoms with Gasteiger partial charge in [0.25, 0.3) is 0 Å². The molecule has 0 saturated carbocycles. The monoisotopic (exact) mass is 298 g/mol. The largest absolute Gasteiger partial charge is 0.495 e. The second-order valence-corrected chi connectivity index (χ2v) is 7.35. The van der Waals surface area contributed by atoms with E-state index in [1.807, 2.05) is 6.92 Å². The Morgan fingerprint density at radius 2 is 1.90 bits per heavy atom. The van der Waals surface area contributed by atoms with Crippen molar-refractivity contribution in [2.45, 2.75) is 31.6 Å². The molecule has 1 fully saturated rings. The summed E-state index contributed by atoms with van der Waals surface area (Å²) < 4.78 is 32.2. The molecule has 0 unspecified atom stereocenters. The van der Waals surface area contributed by atoms with Crippen molar-refractivity contribution < 1.29 is 13.2 Å². The van der Waals surface area contributed by atoms with Crippen LogP contribution in [0.4, 0.5) is 5.69 Å². The van der Waals surface area contributed by atoms with Crippen LogP contribution in [0.1, 0.15) is 25.3 Å². The Labute approximate surface area is 120 Å². The van der Waals surface area contributed by atoms with Gasteiger partial charge in [0.15, 0.2) is 0 Å². The molecule has 2 rings (SSSR count). The lowest BCUT2D eigenvalue weighted by Crippen LogP contribution is -2.38. The predicted octanol–water partition coefficient (Wildman–Crippen LogP) is 2.01. The maximum atomic E-state index is 12.7. The Hall–Kier alpha value is -1.27. The fourth-order valence-corrected chi connectivity index (χ4v) is 4.04. The molecule has 1 aliphatic heterocycles. The number of rotatable bonds is 3. The molecule has 0 bridgehead atoms. The van der Waals surface area contributed by atoms with Gasteiger partial charge in [-0.05, 0) is 43.4 Å². The van der Waals surface area contributed by atoms with E-state index >= 15 is 0 Å². The first-order valence-electron chi connectivity index (χ1n) is 6.80. The summed E-state index contributed by atoms with van der Waals surface area (Å²) in [5.74, 6) is 0.932. The van der Waals surface area contributed by atoms with Crippen LogP contribution in [-0.4, -0.2) is 32.9 Å². The van der Waals surface area contributed by atoms with E-state index in [9.17, 15) is 8.42 Å². The van der Waals surface area contributed by atoms with Crippen LogP contribution in [0, 0.1) is 12.8 Å². The number of nitrogen functional groups attached to an aromatic ring is 1. The number of piperidine rings is 1. The number of hydrogen-bond donors (Lipinski definition) is 1. The average Bonchev–Trinajstić information content (AvgIpc) is 2.41. The third kappa shape index (κ3) is 2.76. The van der Waals surface area contributed by atoms with Crippen molar-refractivity contribution in [3.63, 3.8) is 0 Å². The van der Waals surface area contributed by atoms with Crippen LogP contribution in [0.5, 0.6) is 5.75 Å². The lowest BCUT2D eigenvalue weighted by molar-refractivity contribution is 0.287. The summed E-state index contributed by atoms with van der Waals surface area (Å²) in [5.41, 5.74) is 7.13. The minimum atomic E-state index is -3.54. The summed E-state index contributed by atoms with van der Waals surface area (Å²) >= 11 is 0. The summed E-state index contributed by atoms with van der Waals surface area (Å²) in [7, 11) is -2.06. The lowest BCUT2D eigenvalue weighted by Gasteiger charge is -2.30. The number of nitrogens with zero attached hydrogens (tertiary/aromatic N) is 1. The van der Waals surface area contributed by atoms with Gasteiger partial charge in [0.05, 0.1) is 7.11 Å². The van der Waals surface area contributed by atoms with Crippen LogP contribution >= 0.6 is 0 Å². The number of sulfonamides is 1. The van der Waals surface area contributed by atoms with E-state index in [0.29, 0.717) is 30.4 Å². The van der Waals surface area contributed by atoms with Gasteiger partial charge in [-0.15, -0.1) is 0 Å². The molecular weight excluding hydrogens is 276 g/mol. The van der Waals surface area contributed by atoms with Gasteiger partial charge in [0.1, 0.15) is 10.6 Å². The Morgan fingerprint density at radius 3 is 2.45 bits per heavy atom. The number of methoxy groups -OCH3 is 1. The van der Waals surface area contributed by atoms with E-state index in [-0.39, 0.29) is 4.90 Å². The Bertz CT molecular complexity index is 591. The highest BCUT2D eigenvalue weighted by molar-refractivity contribution is 7.89. The Balaban J connectivity index is 2.41. The van der Waals surface area contributed by atoms with Gasteiger partial charge in [0, 0.05) is 18.8 Å². The number of aryl methyl sites for hydroxylation is 1. The van der Waals surface area contributed by atoms with Crippen molar-refractivity contribution in [2.75, 3.05) is 25.9 Å². The van der Waals surface area contributed by atoms with Gasteiger partial charge in [-0.25, -0.2) is 8.42 Å². The van der Waals surface area contributed by atoms with E-state index in [0.717, 1.165) is 18.4 Å². The van der Waals surface area contributed by atoms with Crippen molar-refractivity contribution >= 4 is 15.7 Å². The van der Waals surface area contributed by atoms with Gasteiger partial charge >= 0.3 is 0 Å². The molecule has 5 nitrogen and oxygen atoms in total. The molecule has 1 aromatic rings. The molecule has 0 aliphatic carbocycles. The zero-order valence-electron chi connectivity index (χ0n) is 12.2. The van der Waals surface area contributed by atoms with Crippen LogP contribution in [0.25, 0.3) is 0 Å². The topological polar surface area (TPSA) is 72.6 Å². The zero-order chi connectivity index (χ0) is 14.9. The molecule has 1 aromatic carbocycles. The maximum absolute atomic E-state index is 12.7. The van der Waals surface area contributed by atoms with Crippen LogP contribution in [0.15, 0.2) is 17.0 Å². The molecule has 0 aromatic heterocycles. The van der Waals surface area contributed by atoms with Crippen molar-refractivity contribution in [2.24, 2.45) is 5.92 Å². The van der Waals surface area contributed by atoms with Crippen molar-refractivity contribution in [1.29, 1.82) is 0 Å². The van der Waals surface area contributed by atoms with Crippen molar-refractivity contribution in [3.05, 3.63) is 17.7 Å². The average molecular weight is 298 g/mol. The molecule has 20 heavy (non-hydrogen) atoms. The summed E-state index contributed by atoms with van der Waals surface area (Å²) in [6, 6.07) is 3.18. The highest BCUT2D eigenvalue weighted by Crippen LogP contribution is 2.32.